The molecule has 1 aliphatic rings. The molecule has 4 nitrogen and oxygen atoms in total. The molecule has 0 aromatic heterocycles. The molecule has 1 aromatic carbocycles. The number of benzene rings is 1. The number of nitrogen functional groups attached to an aromatic ring is 1. The zero-order valence-electron chi connectivity index (χ0n) is 11.9. The first kappa shape index (κ1) is 15.7. The van der Waals surface area contributed by atoms with Crippen LogP contribution in [0.25, 0.3) is 0 Å². The molecule has 0 aliphatic heterocycles. The van der Waals surface area contributed by atoms with E-state index in [0.29, 0.717) is 15.8 Å². The molecule has 3 N–H and O–H groups in total. The summed E-state index contributed by atoms with van der Waals surface area (Å²) in [5, 5.41) is 0.584. The number of thioether (sulfide) groups is 1. The largest absolute Gasteiger partial charge is 0.399 e. The summed E-state index contributed by atoms with van der Waals surface area (Å²) in [4.78, 5) is 0.302. The molecule has 1 fully saturated rings. The Labute approximate surface area is 125 Å². The maximum Gasteiger partial charge on any atom is 0.240 e. The van der Waals surface area contributed by atoms with Crippen LogP contribution in [0.5, 0.6) is 0 Å². The summed E-state index contributed by atoms with van der Waals surface area (Å²) in [7, 11) is -3.44. The molecule has 2 rings (SSSR count). The van der Waals surface area contributed by atoms with Crippen molar-refractivity contribution in [2.75, 3.05) is 11.5 Å². The Morgan fingerprint density at radius 1 is 1.40 bits per heavy atom. The van der Waals surface area contributed by atoms with Crippen molar-refractivity contribution in [1.29, 1.82) is 0 Å². The van der Waals surface area contributed by atoms with E-state index in [1.807, 2.05) is 18.7 Å². The predicted molar refractivity (Wildman–Crippen MR) is 85.5 cm³/mol. The molecule has 1 saturated carbocycles. The van der Waals surface area contributed by atoms with Crippen molar-refractivity contribution in [2.24, 2.45) is 0 Å². The Morgan fingerprint density at radius 3 is 2.80 bits per heavy atom. The zero-order chi connectivity index (χ0) is 14.8. The van der Waals surface area contributed by atoms with Crippen LogP contribution in [0, 0.1) is 6.92 Å². The predicted octanol–water partition coefficient (Wildman–Crippen LogP) is 2.53. The van der Waals surface area contributed by atoms with Crippen molar-refractivity contribution < 1.29 is 8.42 Å². The number of sulfonamides is 1. The van der Waals surface area contributed by atoms with Gasteiger partial charge in [0.2, 0.25) is 10.0 Å². The second-order valence-corrected chi connectivity index (χ2v) is 8.52. The van der Waals surface area contributed by atoms with Crippen LogP contribution >= 0.6 is 11.8 Å². The lowest BCUT2D eigenvalue weighted by molar-refractivity contribution is 0.552. The van der Waals surface area contributed by atoms with Crippen molar-refractivity contribution in [3.05, 3.63) is 23.8 Å². The van der Waals surface area contributed by atoms with Crippen LogP contribution in [-0.4, -0.2) is 25.5 Å². The van der Waals surface area contributed by atoms with E-state index in [-0.39, 0.29) is 6.04 Å². The van der Waals surface area contributed by atoms with Gasteiger partial charge in [-0.3, -0.25) is 0 Å². The third kappa shape index (κ3) is 3.68. The van der Waals surface area contributed by atoms with Crippen LogP contribution in [0.1, 0.15) is 31.7 Å². The Morgan fingerprint density at radius 2 is 2.15 bits per heavy atom. The molecule has 0 saturated heterocycles. The molecule has 0 bridgehead atoms. The zero-order valence-corrected chi connectivity index (χ0v) is 13.6. The molecule has 1 aliphatic carbocycles. The molecule has 0 radical (unpaired) electrons. The molecule has 6 heteroatoms. The average molecular weight is 314 g/mol. The van der Waals surface area contributed by atoms with Gasteiger partial charge in [0.05, 0.1) is 4.90 Å². The van der Waals surface area contributed by atoms with E-state index < -0.39 is 10.0 Å². The summed E-state index contributed by atoms with van der Waals surface area (Å²) < 4.78 is 27.5. The van der Waals surface area contributed by atoms with Gasteiger partial charge in [-0.25, -0.2) is 13.1 Å². The SMILES string of the molecule is CCSC1CCC(NS(=O)(=O)c2ccc(N)c(C)c2)C1. The van der Waals surface area contributed by atoms with Gasteiger partial charge >= 0.3 is 0 Å². The monoisotopic (exact) mass is 314 g/mol. The minimum atomic E-state index is -3.44. The van der Waals surface area contributed by atoms with E-state index in [1.54, 1.807) is 18.2 Å². The van der Waals surface area contributed by atoms with Crippen molar-refractivity contribution in [1.82, 2.24) is 4.72 Å². The fraction of sp³-hybridized carbons (Fsp3) is 0.571. The van der Waals surface area contributed by atoms with Gasteiger partial charge in [0.1, 0.15) is 0 Å². The van der Waals surface area contributed by atoms with Gasteiger partial charge in [-0.15, -0.1) is 0 Å². The highest BCUT2D eigenvalue weighted by atomic mass is 32.2. The van der Waals surface area contributed by atoms with Gasteiger partial charge in [0.25, 0.3) is 0 Å². The van der Waals surface area contributed by atoms with Gasteiger partial charge in [-0.1, -0.05) is 6.92 Å². The Balaban J connectivity index is 2.06. The summed E-state index contributed by atoms with van der Waals surface area (Å²) in [6, 6.07) is 4.90. The number of aryl methyl sites for hydroxylation is 1. The van der Waals surface area contributed by atoms with Gasteiger partial charge in [0.15, 0.2) is 0 Å². The van der Waals surface area contributed by atoms with Crippen LogP contribution in [0.4, 0.5) is 5.69 Å². The van der Waals surface area contributed by atoms with E-state index in [0.717, 1.165) is 30.6 Å². The third-order valence-corrected chi connectivity index (χ3v) is 6.41. The van der Waals surface area contributed by atoms with Crippen LogP contribution in [-0.2, 0) is 10.0 Å². The van der Waals surface area contributed by atoms with E-state index >= 15 is 0 Å². The highest BCUT2D eigenvalue weighted by Gasteiger charge is 2.28. The molecule has 2 atom stereocenters. The molecule has 2 unspecified atom stereocenters. The number of nitrogens with one attached hydrogen (secondary N) is 1. The number of nitrogens with two attached hydrogens (primary N) is 1. The maximum atomic E-state index is 12.4. The number of rotatable bonds is 5. The van der Waals surface area contributed by atoms with E-state index in [2.05, 4.69) is 11.6 Å². The second kappa shape index (κ2) is 6.37. The molecule has 0 heterocycles. The first-order valence-electron chi connectivity index (χ1n) is 6.92. The molecule has 0 spiro atoms. The van der Waals surface area contributed by atoms with Crippen LogP contribution in [0.15, 0.2) is 23.1 Å². The fourth-order valence-electron chi connectivity index (χ4n) is 2.54. The summed E-state index contributed by atoms with van der Waals surface area (Å²) in [5.74, 6) is 1.08. The number of hydrogen-bond donors (Lipinski definition) is 2. The highest BCUT2D eigenvalue weighted by molar-refractivity contribution is 7.99. The average Bonchev–Trinajstić information content (AvgIpc) is 2.79. The first-order chi connectivity index (χ1) is 9.42. The standard InChI is InChI=1S/C14H22N2O2S2/c1-3-19-12-5-4-11(9-12)16-20(17,18)13-6-7-14(15)10(2)8-13/h6-8,11-12,16H,3-5,9,15H2,1-2H3. The summed E-state index contributed by atoms with van der Waals surface area (Å²) >= 11 is 1.92. The van der Waals surface area contributed by atoms with Crippen molar-refractivity contribution in [3.8, 4) is 0 Å². The Bertz CT molecular complexity index is 573. The Kier molecular flexibility index (Phi) is 4.99. The molecular weight excluding hydrogens is 292 g/mol. The van der Waals surface area contributed by atoms with Crippen LogP contribution in [0.3, 0.4) is 0 Å². The molecule has 20 heavy (non-hydrogen) atoms. The second-order valence-electron chi connectivity index (χ2n) is 5.23. The van der Waals surface area contributed by atoms with Gasteiger partial charge in [0, 0.05) is 17.0 Å². The normalized spacial score (nSPS) is 23.1. The van der Waals surface area contributed by atoms with Crippen LogP contribution < -0.4 is 10.5 Å². The number of hydrogen-bond acceptors (Lipinski definition) is 4. The van der Waals surface area contributed by atoms with Crippen molar-refractivity contribution >= 4 is 27.5 Å². The molecule has 0 amide bonds. The summed E-state index contributed by atoms with van der Waals surface area (Å²) in [6.45, 7) is 3.96. The summed E-state index contributed by atoms with van der Waals surface area (Å²) in [6.07, 6.45) is 2.93. The van der Waals surface area contributed by atoms with Gasteiger partial charge in [-0.05, 0) is 55.7 Å². The lowest BCUT2D eigenvalue weighted by Crippen LogP contribution is -2.33. The first-order valence-corrected chi connectivity index (χ1v) is 9.45. The molecular formula is C14H22N2O2S2. The van der Waals surface area contributed by atoms with Crippen molar-refractivity contribution in [2.45, 2.75) is 49.3 Å². The minimum Gasteiger partial charge on any atom is -0.399 e. The summed E-state index contributed by atoms with van der Waals surface area (Å²) in [5.41, 5.74) is 7.13. The van der Waals surface area contributed by atoms with E-state index in [1.165, 1.54) is 0 Å². The Hall–Kier alpha value is -0.720. The fourth-order valence-corrected chi connectivity index (χ4v) is 5.05. The van der Waals surface area contributed by atoms with E-state index in [4.69, 9.17) is 5.73 Å². The quantitative estimate of drug-likeness (QED) is 0.819. The smallest absolute Gasteiger partial charge is 0.240 e. The molecule has 1 aromatic rings. The topological polar surface area (TPSA) is 72.2 Å². The van der Waals surface area contributed by atoms with Gasteiger partial charge in [-0.2, -0.15) is 11.8 Å². The van der Waals surface area contributed by atoms with Crippen molar-refractivity contribution in [3.63, 3.8) is 0 Å². The highest BCUT2D eigenvalue weighted by Crippen LogP contribution is 2.30. The van der Waals surface area contributed by atoms with Gasteiger partial charge < -0.3 is 5.73 Å². The molecule has 112 valence electrons. The lowest BCUT2D eigenvalue weighted by atomic mass is 10.2. The number of anilines is 1. The minimum absolute atomic E-state index is 0.0573. The third-order valence-electron chi connectivity index (χ3n) is 3.66. The maximum absolute atomic E-state index is 12.4. The van der Waals surface area contributed by atoms with Crippen LogP contribution in [0.2, 0.25) is 0 Å². The lowest BCUT2D eigenvalue weighted by Gasteiger charge is -2.14. The van der Waals surface area contributed by atoms with E-state index in [9.17, 15) is 8.42 Å².